The predicted octanol–water partition coefficient (Wildman–Crippen LogP) is 3.08. The van der Waals surface area contributed by atoms with Gasteiger partial charge < -0.3 is 11.1 Å². The Morgan fingerprint density at radius 2 is 2.05 bits per heavy atom. The summed E-state index contributed by atoms with van der Waals surface area (Å²) in [6, 6.07) is 14.4. The van der Waals surface area contributed by atoms with E-state index in [1.807, 2.05) is 24.3 Å². The van der Waals surface area contributed by atoms with Crippen molar-refractivity contribution >= 4 is 17.3 Å². The number of hydrogen-bond acceptors (Lipinski definition) is 3. The zero-order valence-electron chi connectivity index (χ0n) is 12.3. The maximum Gasteiger partial charge on any atom is 0.274 e. The Kier molecular flexibility index (Phi) is 5.08. The number of rotatable bonds is 5. The van der Waals surface area contributed by atoms with Gasteiger partial charge in [0, 0.05) is 11.8 Å². The summed E-state index contributed by atoms with van der Waals surface area (Å²) in [5, 5.41) is 13.9. The Balaban J connectivity index is 2.08. The maximum atomic E-state index is 10.9. The van der Waals surface area contributed by atoms with Crippen LogP contribution in [0.3, 0.4) is 0 Å². The highest BCUT2D eigenvalue weighted by atomic mass is 16.6. The van der Waals surface area contributed by atoms with E-state index in [0.717, 1.165) is 12.1 Å². The maximum absolute atomic E-state index is 10.9. The number of para-hydroxylation sites is 1. The van der Waals surface area contributed by atoms with E-state index in [4.69, 9.17) is 5.73 Å². The van der Waals surface area contributed by atoms with E-state index in [0.29, 0.717) is 5.56 Å². The molecule has 0 aliphatic heterocycles. The van der Waals surface area contributed by atoms with Crippen molar-refractivity contribution < 1.29 is 4.92 Å². The minimum atomic E-state index is -0.417. The largest absolute Gasteiger partial charge is 0.370 e. The highest BCUT2D eigenvalue weighted by Gasteiger charge is 2.11. The topological polar surface area (TPSA) is 93.5 Å². The minimum Gasteiger partial charge on any atom is -0.370 e. The van der Waals surface area contributed by atoms with Crippen LogP contribution >= 0.6 is 0 Å². The highest BCUT2D eigenvalue weighted by Crippen LogP contribution is 2.18. The van der Waals surface area contributed by atoms with E-state index < -0.39 is 4.92 Å². The van der Waals surface area contributed by atoms with Crippen molar-refractivity contribution in [1.29, 1.82) is 0 Å². The summed E-state index contributed by atoms with van der Waals surface area (Å²) < 4.78 is 0. The molecule has 0 atom stereocenters. The molecule has 0 aliphatic carbocycles. The van der Waals surface area contributed by atoms with Gasteiger partial charge in [-0.1, -0.05) is 37.3 Å². The third-order valence-corrected chi connectivity index (χ3v) is 3.22. The van der Waals surface area contributed by atoms with Crippen LogP contribution in [-0.2, 0) is 13.0 Å². The van der Waals surface area contributed by atoms with Gasteiger partial charge in [0.2, 0.25) is 0 Å². The number of benzene rings is 2. The van der Waals surface area contributed by atoms with Crippen LogP contribution in [0.4, 0.5) is 11.4 Å². The molecule has 6 heteroatoms. The van der Waals surface area contributed by atoms with Gasteiger partial charge in [-0.15, -0.1) is 0 Å². The lowest BCUT2D eigenvalue weighted by Crippen LogP contribution is -2.22. The molecule has 0 unspecified atom stereocenters. The number of guanidine groups is 1. The monoisotopic (exact) mass is 298 g/mol. The SMILES string of the molecule is CCc1cccc(NC(N)=NCc2ccccc2[N+](=O)[O-])c1. The number of nitrogens with one attached hydrogen (secondary N) is 1. The first-order valence-electron chi connectivity index (χ1n) is 6.98. The molecule has 0 aliphatic rings. The number of nitro benzene ring substituents is 1. The first-order chi connectivity index (χ1) is 10.6. The Bertz CT molecular complexity index is 698. The molecular weight excluding hydrogens is 280 g/mol. The van der Waals surface area contributed by atoms with Crippen molar-refractivity contribution in [2.45, 2.75) is 19.9 Å². The third-order valence-electron chi connectivity index (χ3n) is 3.22. The fraction of sp³-hybridized carbons (Fsp3) is 0.188. The first-order valence-corrected chi connectivity index (χ1v) is 6.98. The lowest BCUT2D eigenvalue weighted by atomic mass is 10.1. The van der Waals surface area contributed by atoms with Gasteiger partial charge in [0.25, 0.3) is 5.69 Å². The molecule has 22 heavy (non-hydrogen) atoms. The van der Waals surface area contributed by atoms with Gasteiger partial charge >= 0.3 is 0 Å². The quantitative estimate of drug-likeness (QED) is 0.384. The smallest absolute Gasteiger partial charge is 0.274 e. The second kappa shape index (κ2) is 7.21. The number of nitrogens with two attached hydrogens (primary N) is 1. The molecule has 114 valence electrons. The molecular formula is C16H18N4O2. The third kappa shape index (κ3) is 4.05. The summed E-state index contributed by atoms with van der Waals surface area (Å²) in [7, 11) is 0. The van der Waals surface area contributed by atoms with Gasteiger partial charge in [0.15, 0.2) is 5.96 Å². The number of nitrogens with zero attached hydrogens (tertiary/aromatic N) is 2. The average Bonchev–Trinajstić information content (AvgIpc) is 2.53. The summed E-state index contributed by atoms with van der Waals surface area (Å²) in [6.07, 6.45) is 0.933. The Hall–Kier alpha value is -2.89. The number of anilines is 1. The molecule has 0 fully saturated rings. The number of aryl methyl sites for hydroxylation is 1. The van der Waals surface area contributed by atoms with Gasteiger partial charge in [-0.2, -0.15) is 0 Å². The van der Waals surface area contributed by atoms with Crippen LogP contribution < -0.4 is 11.1 Å². The molecule has 0 saturated carbocycles. The number of hydrogen-bond donors (Lipinski definition) is 2. The molecule has 6 nitrogen and oxygen atoms in total. The van der Waals surface area contributed by atoms with Crippen molar-refractivity contribution in [2.24, 2.45) is 10.7 Å². The van der Waals surface area contributed by atoms with Gasteiger partial charge in [-0.25, -0.2) is 4.99 Å². The van der Waals surface area contributed by atoms with E-state index in [1.165, 1.54) is 11.6 Å². The predicted molar refractivity (Wildman–Crippen MR) is 87.9 cm³/mol. The van der Waals surface area contributed by atoms with Crippen LogP contribution in [0.25, 0.3) is 0 Å². The summed E-state index contributed by atoms with van der Waals surface area (Å²) >= 11 is 0. The molecule has 3 N–H and O–H groups in total. The van der Waals surface area contributed by atoms with Crippen molar-refractivity contribution in [3.63, 3.8) is 0 Å². The van der Waals surface area contributed by atoms with Crippen molar-refractivity contribution in [3.8, 4) is 0 Å². The summed E-state index contributed by atoms with van der Waals surface area (Å²) in [6.45, 7) is 2.23. The molecule has 0 radical (unpaired) electrons. The molecule has 0 saturated heterocycles. The second-order valence-corrected chi connectivity index (χ2v) is 4.77. The van der Waals surface area contributed by atoms with Crippen molar-refractivity contribution in [3.05, 3.63) is 69.8 Å². The van der Waals surface area contributed by atoms with Gasteiger partial charge in [-0.3, -0.25) is 10.1 Å². The van der Waals surface area contributed by atoms with Crippen LogP contribution in [0.1, 0.15) is 18.1 Å². The van der Waals surface area contributed by atoms with Gasteiger partial charge in [0.05, 0.1) is 17.0 Å². The van der Waals surface area contributed by atoms with Crippen LogP contribution in [0.15, 0.2) is 53.5 Å². The molecule has 0 amide bonds. The van der Waals surface area contributed by atoms with E-state index in [-0.39, 0.29) is 18.2 Å². The number of aliphatic imine (C=N–C) groups is 1. The standard InChI is InChI=1S/C16H18N4O2/c1-2-12-6-5-8-14(10-12)19-16(17)18-11-13-7-3-4-9-15(13)20(21)22/h3-10H,2,11H2,1H3,(H3,17,18,19). The zero-order valence-corrected chi connectivity index (χ0v) is 12.3. The van der Waals surface area contributed by atoms with Crippen LogP contribution in [0.2, 0.25) is 0 Å². The Morgan fingerprint density at radius 1 is 1.27 bits per heavy atom. The van der Waals surface area contributed by atoms with E-state index in [9.17, 15) is 10.1 Å². The molecule has 2 rings (SSSR count). The van der Waals surface area contributed by atoms with Gasteiger partial charge in [-0.05, 0) is 24.1 Å². The van der Waals surface area contributed by atoms with Crippen molar-refractivity contribution in [2.75, 3.05) is 5.32 Å². The molecule has 0 spiro atoms. The first kappa shape index (κ1) is 15.5. The van der Waals surface area contributed by atoms with Crippen LogP contribution in [0.5, 0.6) is 0 Å². The Labute approximate surface area is 128 Å². The lowest BCUT2D eigenvalue weighted by molar-refractivity contribution is -0.385. The molecule has 2 aromatic carbocycles. The highest BCUT2D eigenvalue weighted by molar-refractivity contribution is 5.92. The fourth-order valence-corrected chi connectivity index (χ4v) is 2.05. The summed E-state index contributed by atoms with van der Waals surface area (Å²) in [4.78, 5) is 14.7. The normalized spacial score (nSPS) is 11.2. The zero-order chi connectivity index (χ0) is 15.9. The fourth-order valence-electron chi connectivity index (χ4n) is 2.05. The molecule has 2 aromatic rings. The van der Waals surface area contributed by atoms with Crippen molar-refractivity contribution in [1.82, 2.24) is 0 Å². The molecule has 0 aromatic heterocycles. The second-order valence-electron chi connectivity index (χ2n) is 4.77. The molecule has 0 bridgehead atoms. The minimum absolute atomic E-state index is 0.0482. The lowest BCUT2D eigenvalue weighted by Gasteiger charge is -2.07. The van der Waals surface area contributed by atoms with E-state index in [2.05, 4.69) is 17.2 Å². The summed E-state index contributed by atoms with van der Waals surface area (Å²) in [5.74, 6) is 0.228. The van der Waals surface area contributed by atoms with E-state index >= 15 is 0 Å². The van der Waals surface area contributed by atoms with Gasteiger partial charge in [0.1, 0.15) is 0 Å². The van der Waals surface area contributed by atoms with Crippen LogP contribution in [0, 0.1) is 10.1 Å². The summed E-state index contributed by atoms with van der Waals surface area (Å²) in [5.41, 5.74) is 8.46. The van der Waals surface area contributed by atoms with Crippen LogP contribution in [-0.4, -0.2) is 10.9 Å². The number of nitro groups is 1. The average molecular weight is 298 g/mol. The molecule has 0 heterocycles. The van der Waals surface area contributed by atoms with E-state index in [1.54, 1.807) is 18.2 Å². The Morgan fingerprint density at radius 3 is 2.77 bits per heavy atom.